The average molecular weight is 266 g/mol. The smallest absolute Gasteiger partial charge is 0.168 e. The molecule has 98 valence electrons. The summed E-state index contributed by atoms with van der Waals surface area (Å²) in [6, 6.07) is 5.15. The van der Waals surface area contributed by atoms with Crippen molar-refractivity contribution in [3.63, 3.8) is 0 Å². The number of hydrogen-bond acceptors (Lipinski definition) is 2. The monoisotopic (exact) mass is 265 g/mol. The average Bonchev–Trinajstić information content (AvgIpc) is 2.38. The summed E-state index contributed by atoms with van der Waals surface area (Å²) in [7, 11) is 0. The Morgan fingerprint density at radius 2 is 2.00 bits per heavy atom. The molecule has 0 aliphatic heterocycles. The van der Waals surface area contributed by atoms with Crippen LogP contribution in [0, 0.1) is 11.8 Å². The van der Waals surface area contributed by atoms with Gasteiger partial charge >= 0.3 is 0 Å². The lowest BCUT2D eigenvalue weighted by Gasteiger charge is -2.27. The zero-order valence-corrected chi connectivity index (χ0v) is 11.5. The van der Waals surface area contributed by atoms with Gasteiger partial charge in [0.15, 0.2) is 5.78 Å². The van der Waals surface area contributed by atoms with Crippen molar-refractivity contribution in [3.8, 4) is 0 Å². The molecule has 1 aliphatic carbocycles. The van der Waals surface area contributed by atoms with Gasteiger partial charge in [-0.05, 0) is 49.8 Å². The lowest BCUT2D eigenvalue weighted by atomic mass is 9.77. The van der Waals surface area contributed by atoms with Crippen molar-refractivity contribution in [2.24, 2.45) is 11.8 Å². The molecule has 0 saturated heterocycles. The van der Waals surface area contributed by atoms with E-state index in [4.69, 9.17) is 17.3 Å². The molecule has 1 aromatic carbocycles. The first kappa shape index (κ1) is 13.4. The highest BCUT2D eigenvalue weighted by Crippen LogP contribution is 2.33. The van der Waals surface area contributed by atoms with Gasteiger partial charge in [0.05, 0.1) is 0 Å². The van der Waals surface area contributed by atoms with Gasteiger partial charge in [-0.3, -0.25) is 4.79 Å². The molecule has 1 aliphatic rings. The van der Waals surface area contributed by atoms with Crippen molar-refractivity contribution in [1.29, 1.82) is 0 Å². The van der Waals surface area contributed by atoms with E-state index in [1.165, 1.54) is 19.3 Å². The van der Waals surface area contributed by atoms with Crippen LogP contribution in [-0.4, -0.2) is 5.78 Å². The number of hydrogen-bond donors (Lipinski definition) is 1. The number of benzene rings is 1. The third kappa shape index (κ3) is 2.86. The third-order valence-corrected chi connectivity index (χ3v) is 4.31. The second kappa shape index (κ2) is 5.75. The van der Waals surface area contributed by atoms with Crippen LogP contribution in [-0.2, 0) is 0 Å². The Bertz CT molecular complexity index is 436. The summed E-state index contributed by atoms with van der Waals surface area (Å²) < 4.78 is 0. The zero-order chi connectivity index (χ0) is 13.1. The van der Waals surface area contributed by atoms with Gasteiger partial charge in [-0.15, -0.1) is 0 Å². The first-order valence-corrected chi connectivity index (χ1v) is 7.08. The number of Topliss-reactive ketones (excluding diaryl/α,β-unsaturated/α-hetero) is 1. The van der Waals surface area contributed by atoms with Gasteiger partial charge in [0.2, 0.25) is 0 Å². The van der Waals surface area contributed by atoms with Gasteiger partial charge < -0.3 is 5.73 Å². The summed E-state index contributed by atoms with van der Waals surface area (Å²) in [5, 5.41) is 0.582. The van der Waals surface area contributed by atoms with E-state index in [0.29, 0.717) is 16.3 Å². The summed E-state index contributed by atoms with van der Waals surface area (Å²) in [5.41, 5.74) is 7.02. The molecule has 0 radical (unpaired) electrons. The number of carbonyl (C=O) groups is 1. The largest absolute Gasteiger partial charge is 0.398 e. The van der Waals surface area contributed by atoms with Gasteiger partial charge in [-0.2, -0.15) is 0 Å². The van der Waals surface area contributed by atoms with Crippen LogP contribution in [0.25, 0.3) is 0 Å². The van der Waals surface area contributed by atoms with Crippen LogP contribution in [0.15, 0.2) is 18.2 Å². The van der Waals surface area contributed by atoms with Gasteiger partial charge in [0.1, 0.15) is 0 Å². The van der Waals surface area contributed by atoms with E-state index in [0.717, 1.165) is 18.8 Å². The van der Waals surface area contributed by atoms with Crippen LogP contribution in [0.3, 0.4) is 0 Å². The highest BCUT2D eigenvalue weighted by atomic mass is 35.5. The van der Waals surface area contributed by atoms with Crippen LogP contribution in [0.4, 0.5) is 5.69 Å². The minimum Gasteiger partial charge on any atom is -0.398 e. The minimum absolute atomic E-state index is 0.149. The molecule has 0 aromatic heterocycles. The fourth-order valence-corrected chi connectivity index (χ4v) is 2.99. The van der Waals surface area contributed by atoms with Crippen molar-refractivity contribution in [2.45, 2.75) is 39.0 Å². The third-order valence-electron chi connectivity index (χ3n) is 4.07. The summed E-state index contributed by atoms with van der Waals surface area (Å²) in [6.07, 6.45) is 5.56. The first-order chi connectivity index (χ1) is 8.61. The SMILES string of the molecule is CCC1CCC(C(=O)c2ccc(Cl)cc2N)CC1. The van der Waals surface area contributed by atoms with Crippen LogP contribution < -0.4 is 5.73 Å². The molecule has 0 unspecified atom stereocenters. The number of nitrogen functional groups attached to an aromatic ring is 1. The number of rotatable bonds is 3. The van der Waals surface area contributed by atoms with Gasteiger partial charge in [-0.25, -0.2) is 0 Å². The molecule has 2 N–H and O–H groups in total. The van der Waals surface area contributed by atoms with E-state index < -0.39 is 0 Å². The fraction of sp³-hybridized carbons (Fsp3) is 0.533. The quantitative estimate of drug-likeness (QED) is 0.653. The lowest BCUT2D eigenvalue weighted by Crippen LogP contribution is -2.22. The lowest BCUT2D eigenvalue weighted by molar-refractivity contribution is 0.0872. The Kier molecular flexibility index (Phi) is 4.28. The van der Waals surface area contributed by atoms with E-state index in [9.17, 15) is 4.79 Å². The molecule has 3 heteroatoms. The van der Waals surface area contributed by atoms with E-state index in [-0.39, 0.29) is 11.7 Å². The number of halogens is 1. The topological polar surface area (TPSA) is 43.1 Å². The van der Waals surface area contributed by atoms with Gasteiger partial charge in [-0.1, -0.05) is 24.9 Å². The molecule has 1 saturated carbocycles. The Morgan fingerprint density at radius 1 is 1.33 bits per heavy atom. The highest BCUT2D eigenvalue weighted by molar-refractivity contribution is 6.31. The van der Waals surface area contributed by atoms with E-state index in [2.05, 4.69) is 6.92 Å². The van der Waals surface area contributed by atoms with E-state index in [1.54, 1.807) is 18.2 Å². The number of anilines is 1. The fourth-order valence-electron chi connectivity index (χ4n) is 2.81. The van der Waals surface area contributed by atoms with Crippen LogP contribution >= 0.6 is 11.6 Å². The Hall–Kier alpha value is -1.02. The second-order valence-corrected chi connectivity index (χ2v) is 5.66. The summed E-state index contributed by atoms with van der Waals surface area (Å²) in [5.74, 6) is 1.15. The molecule has 0 atom stereocenters. The van der Waals surface area contributed by atoms with Crippen LogP contribution in [0.2, 0.25) is 5.02 Å². The molecule has 0 bridgehead atoms. The predicted molar refractivity (Wildman–Crippen MR) is 75.9 cm³/mol. The van der Waals surface area contributed by atoms with Crippen molar-refractivity contribution < 1.29 is 4.79 Å². The van der Waals surface area contributed by atoms with Crippen molar-refractivity contribution in [2.75, 3.05) is 5.73 Å². The van der Waals surface area contributed by atoms with Crippen LogP contribution in [0.5, 0.6) is 0 Å². The molecular weight excluding hydrogens is 246 g/mol. The summed E-state index contributed by atoms with van der Waals surface area (Å²) >= 11 is 5.85. The number of carbonyl (C=O) groups excluding carboxylic acids is 1. The van der Waals surface area contributed by atoms with Crippen molar-refractivity contribution >= 4 is 23.1 Å². The second-order valence-electron chi connectivity index (χ2n) is 5.22. The minimum atomic E-state index is 0.149. The van der Waals surface area contributed by atoms with E-state index in [1.807, 2.05) is 0 Å². The predicted octanol–water partition coefficient (Wildman–Crippen LogP) is 4.32. The molecule has 0 heterocycles. The molecular formula is C15H20ClNO. The molecule has 2 nitrogen and oxygen atoms in total. The number of ketones is 1. The van der Waals surface area contributed by atoms with Gasteiger partial charge in [0, 0.05) is 22.2 Å². The summed E-state index contributed by atoms with van der Waals surface area (Å²) in [4.78, 5) is 12.4. The summed E-state index contributed by atoms with van der Waals surface area (Å²) in [6.45, 7) is 2.23. The maximum atomic E-state index is 12.4. The molecule has 1 fully saturated rings. The van der Waals surface area contributed by atoms with Crippen molar-refractivity contribution in [1.82, 2.24) is 0 Å². The number of nitrogens with two attached hydrogens (primary N) is 1. The van der Waals surface area contributed by atoms with Crippen molar-refractivity contribution in [3.05, 3.63) is 28.8 Å². The molecule has 0 spiro atoms. The maximum absolute atomic E-state index is 12.4. The Balaban J connectivity index is 2.08. The molecule has 1 aromatic rings. The zero-order valence-electron chi connectivity index (χ0n) is 10.8. The Labute approximate surface area is 114 Å². The van der Waals surface area contributed by atoms with E-state index >= 15 is 0 Å². The highest BCUT2D eigenvalue weighted by Gasteiger charge is 2.27. The van der Waals surface area contributed by atoms with Gasteiger partial charge in [0.25, 0.3) is 0 Å². The molecule has 0 amide bonds. The standard InChI is InChI=1S/C15H20ClNO/c1-2-10-3-5-11(6-4-10)15(18)13-8-7-12(16)9-14(13)17/h7-11H,2-6,17H2,1H3. The molecule has 2 rings (SSSR count). The maximum Gasteiger partial charge on any atom is 0.168 e. The molecule has 18 heavy (non-hydrogen) atoms. The Morgan fingerprint density at radius 3 is 2.56 bits per heavy atom. The normalized spacial score (nSPS) is 23.9. The first-order valence-electron chi connectivity index (χ1n) is 6.71. The van der Waals surface area contributed by atoms with Crippen LogP contribution in [0.1, 0.15) is 49.4 Å².